The van der Waals surface area contributed by atoms with Crippen LogP contribution in [0.2, 0.25) is 0 Å². The molecule has 2 N–H and O–H groups in total. The minimum atomic E-state index is -0.447. The lowest BCUT2D eigenvalue weighted by Gasteiger charge is -2.20. The van der Waals surface area contributed by atoms with Gasteiger partial charge in [-0.2, -0.15) is 11.3 Å². The maximum atomic E-state index is 11.6. The van der Waals surface area contributed by atoms with Crippen LogP contribution in [-0.4, -0.2) is 23.7 Å². The molecule has 0 aliphatic heterocycles. The zero-order valence-corrected chi connectivity index (χ0v) is 10.6. The number of hydrogen-bond donors (Lipinski definition) is 2. The van der Waals surface area contributed by atoms with E-state index >= 15 is 0 Å². The number of nitrogens with one attached hydrogen (secondary N) is 1. The molecule has 3 nitrogen and oxygen atoms in total. The fraction of sp³-hybridized carbons (Fsp3) is 0.583. The van der Waals surface area contributed by atoms with Crippen molar-refractivity contribution in [3.8, 4) is 0 Å². The molecule has 0 saturated heterocycles. The summed E-state index contributed by atoms with van der Waals surface area (Å²) in [5, 5.41) is 16.3. The van der Waals surface area contributed by atoms with Crippen LogP contribution in [-0.2, 0) is 0 Å². The number of carbonyl (C=O) groups is 1. The van der Waals surface area contributed by atoms with Crippen molar-refractivity contribution in [2.24, 2.45) is 5.92 Å². The molecular formula is C12H19NO2S. The lowest BCUT2D eigenvalue weighted by Crippen LogP contribution is -2.35. The number of thiophene rings is 1. The molecule has 1 unspecified atom stereocenters. The number of amides is 1. The van der Waals surface area contributed by atoms with Crippen LogP contribution in [0.25, 0.3) is 0 Å². The smallest absolute Gasteiger partial charge is 0.252 e. The molecule has 0 bridgehead atoms. The molecule has 0 fully saturated rings. The van der Waals surface area contributed by atoms with E-state index in [1.807, 2.05) is 5.38 Å². The van der Waals surface area contributed by atoms with Gasteiger partial charge in [0, 0.05) is 17.5 Å². The van der Waals surface area contributed by atoms with E-state index < -0.39 is 6.10 Å². The number of aliphatic hydroxyl groups excluding tert-OH is 1. The van der Waals surface area contributed by atoms with Gasteiger partial charge in [-0.05, 0) is 17.4 Å². The van der Waals surface area contributed by atoms with Crippen LogP contribution in [0.15, 0.2) is 16.8 Å². The highest BCUT2D eigenvalue weighted by Gasteiger charge is 2.16. The molecule has 1 aromatic rings. The Balaban J connectivity index is 2.37. The summed E-state index contributed by atoms with van der Waals surface area (Å²) in [5.41, 5.74) is 0.668. The molecule has 16 heavy (non-hydrogen) atoms. The van der Waals surface area contributed by atoms with Gasteiger partial charge in [-0.25, -0.2) is 0 Å². The van der Waals surface area contributed by atoms with E-state index in [4.69, 9.17) is 0 Å². The molecule has 0 aliphatic rings. The SMILES string of the molecule is CCC(CC)C(O)CNC(=O)c1ccsc1. The summed E-state index contributed by atoms with van der Waals surface area (Å²) >= 11 is 1.49. The standard InChI is InChI=1S/C12H19NO2S/c1-3-9(4-2)11(14)7-13-12(15)10-5-6-16-8-10/h5-6,8-9,11,14H,3-4,7H2,1-2H3,(H,13,15). The third-order valence-corrected chi connectivity index (χ3v) is 3.53. The number of aliphatic hydroxyl groups is 1. The minimum absolute atomic E-state index is 0.105. The Morgan fingerprint density at radius 1 is 1.50 bits per heavy atom. The fourth-order valence-corrected chi connectivity index (χ4v) is 2.33. The molecule has 0 radical (unpaired) electrons. The highest BCUT2D eigenvalue weighted by Crippen LogP contribution is 2.12. The molecule has 0 aromatic carbocycles. The predicted octanol–water partition coefficient (Wildman–Crippen LogP) is 2.28. The van der Waals surface area contributed by atoms with Gasteiger partial charge in [0.2, 0.25) is 0 Å². The Bertz CT molecular complexity index is 307. The van der Waals surface area contributed by atoms with Crippen molar-refractivity contribution in [3.63, 3.8) is 0 Å². The molecule has 1 amide bonds. The van der Waals surface area contributed by atoms with Crippen molar-refractivity contribution in [2.45, 2.75) is 32.8 Å². The van der Waals surface area contributed by atoms with Crippen LogP contribution < -0.4 is 5.32 Å². The molecule has 0 aliphatic carbocycles. The number of hydrogen-bond acceptors (Lipinski definition) is 3. The van der Waals surface area contributed by atoms with Crippen molar-refractivity contribution in [3.05, 3.63) is 22.4 Å². The minimum Gasteiger partial charge on any atom is -0.391 e. The third-order valence-electron chi connectivity index (χ3n) is 2.85. The Kier molecular flexibility index (Phi) is 5.49. The van der Waals surface area contributed by atoms with Gasteiger partial charge in [0.25, 0.3) is 5.91 Å². The molecule has 90 valence electrons. The largest absolute Gasteiger partial charge is 0.391 e. The average molecular weight is 241 g/mol. The lowest BCUT2D eigenvalue weighted by atomic mass is 9.96. The summed E-state index contributed by atoms with van der Waals surface area (Å²) in [4.78, 5) is 11.6. The van der Waals surface area contributed by atoms with Gasteiger partial charge in [-0.15, -0.1) is 0 Å². The lowest BCUT2D eigenvalue weighted by molar-refractivity contribution is 0.0817. The first-order valence-corrected chi connectivity index (χ1v) is 6.61. The van der Waals surface area contributed by atoms with Gasteiger partial charge in [-0.3, -0.25) is 4.79 Å². The summed E-state index contributed by atoms with van der Waals surface area (Å²) in [7, 11) is 0. The number of rotatable bonds is 6. The van der Waals surface area contributed by atoms with Gasteiger partial charge in [0.05, 0.1) is 6.10 Å². The Morgan fingerprint density at radius 2 is 2.19 bits per heavy atom. The molecule has 1 rings (SSSR count). The Hall–Kier alpha value is -0.870. The topological polar surface area (TPSA) is 49.3 Å². The van der Waals surface area contributed by atoms with E-state index in [9.17, 15) is 9.90 Å². The summed E-state index contributed by atoms with van der Waals surface area (Å²) < 4.78 is 0. The highest BCUT2D eigenvalue weighted by molar-refractivity contribution is 7.08. The van der Waals surface area contributed by atoms with Crippen LogP contribution >= 0.6 is 11.3 Å². The van der Waals surface area contributed by atoms with E-state index in [2.05, 4.69) is 19.2 Å². The first kappa shape index (κ1) is 13.2. The van der Waals surface area contributed by atoms with Crippen LogP contribution in [0, 0.1) is 5.92 Å². The van der Waals surface area contributed by atoms with E-state index in [1.54, 1.807) is 11.4 Å². The Morgan fingerprint density at radius 3 is 2.69 bits per heavy atom. The Labute approximate surface area is 100 Å². The van der Waals surface area contributed by atoms with E-state index in [1.165, 1.54) is 11.3 Å². The van der Waals surface area contributed by atoms with Crippen molar-refractivity contribution < 1.29 is 9.90 Å². The van der Waals surface area contributed by atoms with Crippen molar-refractivity contribution in [2.75, 3.05) is 6.54 Å². The second kappa shape index (κ2) is 6.66. The third kappa shape index (κ3) is 3.61. The normalized spacial score (nSPS) is 12.8. The molecule has 1 heterocycles. The molecular weight excluding hydrogens is 222 g/mol. The molecule has 1 atom stereocenters. The van der Waals surface area contributed by atoms with Crippen molar-refractivity contribution >= 4 is 17.2 Å². The fourth-order valence-electron chi connectivity index (χ4n) is 1.69. The van der Waals surface area contributed by atoms with Gasteiger partial charge in [0.1, 0.15) is 0 Å². The molecule has 0 saturated carbocycles. The van der Waals surface area contributed by atoms with E-state index in [0.29, 0.717) is 12.1 Å². The second-order valence-corrected chi connectivity index (χ2v) is 4.65. The summed E-state index contributed by atoms with van der Waals surface area (Å²) in [6, 6.07) is 1.78. The van der Waals surface area contributed by atoms with Gasteiger partial charge in [-0.1, -0.05) is 26.7 Å². The maximum Gasteiger partial charge on any atom is 0.252 e. The maximum absolute atomic E-state index is 11.6. The zero-order valence-electron chi connectivity index (χ0n) is 9.77. The van der Waals surface area contributed by atoms with Crippen molar-refractivity contribution in [1.82, 2.24) is 5.32 Å². The quantitative estimate of drug-likeness (QED) is 0.802. The highest BCUT2D eigenvalue weighted by atomic mass is 32.1. The summed E-state index contributed by atoms with van der Waals surface area (Å²) in [6.07, 6.45) is 1.43. The molecule has 4 heteroatoms. The summed E-state index contributed by atoms with van der Waals surface area (Å²) in [5.74, 6) is 0.161. The monoisotopic (exact) mass is 241 g/mol. The van der Waals surface area contributed by atoms with Gasteiger partial charge in [0.15, 0.2) is 0 Å². The zero-order chi connectivity index (χ0) is 12.0. The first-order valence-electron chi connectivity index (χ1n) is 5.67. The van der Waals surface area contributed by atoms with Crippen LogP contribution in [0.3, 0.4) is 0 Å². The van der Waals surface area contributed by atoms with Gasteiger partial charge >= 0.3 is 0 Å². The van der Waals surface area contributed by atoms with E-state index in [0.717, 1.165) is 12.8 Å². The van der Waals surface area contributed by atoms with Crippen LogP contribution in [0.1, 0.15) is 37.0 Å². The van der Waals surface area contributed by atoms with Crippen molar-refractivity contribution in [1.29, 1.82) is 0 Å². The molecule has 0 spiro atoms. The summed E-state index contributed by atoms with van der Waals surface area (Å²) in [6.45, 7) is 4.44. The first-order chi connectivity index (χ1) is 7.69. The van der Waals surface area contributed by atoms with E-state index in [-0.39, 0.29) is 11.8 Å². The average Bonchev–Trinajstić information content (AvgIpc) is 2.81. The van der Waals surface area contributed by atoms with Crippen LogP contribution in [0.5, 0.6) is 0 Å². The van der Waals surface area contributed by atoms with Gasteiger partial charge < -0.3 is 10.4 Å². The molecule has 1 aromatic heterocycles. The predicted molar refractivity (Wildman–Crippen MR) is 66.7 cm³/mol. The van der Waals surface area contributed by atoms with Crippen LogP contribution in [0.4, 0.5) is 0 Å². The number of carbonyl (C=O) groups excluding carboxylic acids is 1. The second-order valence-electron chi connectivity index (χ2n) is 3.87.